The lowest BCUT2D eigenvalue weighted by Gasteiger charge is -2.32. The van der Waals surface area contributed by atoms with Crippen LogP contribution in [0.2, 0.25) is 0 Å². The minimum Gasteiger partial charge on any atom is -0.326 e. The van der Waals surface area contributed by atoms with Crippen molar-refractivity contribution >= 4 is 21.6 Å². The van der Waals surface area contributed by atoms with Crippen LogP contribution in [0, 0.1) is 0 Å². The summed E-state index contributed by atoms with van der Waals surface area (Å²) in [6.07, 6.45) is 1.51. The monoisotopic (exact) mass is 326 g/mol. The van der Waals surface area contributed by atoms with Crippen LogP contribution in [0.3, 0.4) is 0 Å². The van der Waals surface area contributed by atoms with Gasteiger partial charge in [0.15, 0.2) is 0 Å². The van der Waals surface area contributed by atoms with Crippen molar-refractivity contribution in [1.82, 2.24) is 4.31 Å². The molecule has 1 amide bonds. The third-order valence-corrected chi connectivity index (χ3v) is 5.94. The summed E-state index contributed by atoms with van der Waals surface area (Å²) >= 11 is 0. The van der Waals surface area contributed by atoms with Crippen LogP contribution in [0.5, 0.6) is 0 Å². The Morgan fingerprint density at radius 1 is 1.09 bits per heavy atom. The molecule has 0 aliphatic rings. The largest absolute Gasteiger partial charge is 0.326 e. The molecule has 0 saturated heterocycles. The molecule has 1 aromatic rings. The van der Waals surface area contributed by atoms with E-state index in [1.165, 1.54) is 6.92 Å². The van der Waals surface area contributed by atoms with E-state index in [9.17, 15) is 13.2 Å². The van der Waals surface area contributed by atoms with Crippen molar-refractivity contribution in [2.45, 2.75) is 64.4 Å². The molecule has 2 unspecified atom stereocenters. The minimum atomic E-state index is -3.55. The number of carbonyl (C=O) groups excluding carboxylic acids is 1. The first-order valence-corrected chi connectivity index (χ1v) is 9.09. The second kappa shape index (κ2) is 7.74. The number of amides is 1. The average Bonchev–Trinajstić information content (AvgIpc) is 2.46. The zero-order valence-corrected chi connectivity index (χ0v) is 14.8. The average molecular weight is 326 g/mol. The Balaban J connectivity index is 3.16. The number of rotatable bonds is 7. The van der Waals surface area contributed by atoms with Crippen molar-refractivity contribution in [3.63, 3.8) is 0 Å². The maximum absolute atomic E-state index is 12.9. The van der Waals surface area contributed by atoms with Crippen LogP contribution >= 0.6 is 0 Å². The molecule has 22 heavy (non-hydrogen) atoms. The fourth-order valence-electron chi connectivity index (χ4n) is 2.30. The first-order valence-electron chi connectivity index (χ1n) is 7.65. The number of hydrogen-bond donors (Lipinski definition) is 1. The summed E-state index contributed by atoms with van der Waals surface area (Å²) in [5, 5.41) is 2.63. The van der Waals surface area contributed by atoms with Gasteiger partial charge in [0.05, 0.1) is 4.90 Å². The van der Waals surface area contributed by atoms with E-state index in [-0.39, 0.29) is 22.9 Å². The highest BCUT2D eigenvalue weighted by Gasteiger charge is 2.31. The van der Waals surface area contributed by atoms with E-state index in [1.807, 2.05) is 27.7 Å². The van der Waals surface area contributed by atoms with Crippen LogP contribution < -0.4 is 5.32 Å². The van der Waals surface area contributed by atoms with Crippen molar-refractivity contribution in [2.75, 3.05) is 5.32 Å². The molecule has 0 aromatic heterocycles. The number of nitrogens with zero attached hydrogens (tertiary/aromatic N) is 1. The van der Waals surface area contributed by atoms with Crippen molar-refractivity contribution in [2.24, 2.45) is 0 Å². The van der Waals surface area contributed by atoms with E-state index in [4.69, 9.17) is 0 Å². The molecule has 0 heterocycles. The van der Waals surface area contributed by atoms with E-state index >= 15 is 0 Å². The van der Waals surface area contributed by atoms with Crippen LogP contribution in [-0.4, -0.2) is 30.7 Å². The molecule has 5 nitrogen and oxygen atoms in total. The molecule has 6 heteroatoms. The van der Waals surface area contributed by atoms with Gasteiger partial charge < -0.3 is 5.32 Å². The van der Waals surface area contributed by atoms with E-state index < -0.39 is 10.0 Å². The molecule has 1 rings (SSSR count). The van der Waals surface area contributed by atoms with Crippen LogP contribution in [-0.2, 0) is 14.8 Å². The number of sulfonamides is 1. The van der Waals surface area contributed by atoms with Crippen molar-refractivity contribution in [1.29, 1.82) is 0 Å². The Hall–Kier alpha value is -1.40. The predicted octanol–water partition coefficient (Wildman–Crippen LogP) is 3.23. The fourth-order valence-corrected chi connectivity index (χ4v) is 4.27. The van der Waals surface area contributed by atoms with Crippen molar-refractivity contribution < 1.29 is 13.2 Å². The third kappa shape index (κ3) is 4.30. The zero-order chi connectivity index (χ0) is 16.9. The minimum absolute atomic E-state index is 0.0602. The first kappa shape index (κ1) is 18.6. The van der Waals surface area contributed by atoms with Gasteiger partial charge in [-0.2, -0.15) is 4.31 Å². The van der Waals surface area contributed by atoms with Crippen molar-refractivity contribution in [3.05, 3.63) is 24.3 Å². The predicted molar refractivity (Wildman–Crippen MR) is 89.3 cm³/mol. The second-order valence-corrected chi connectivity index (χ2v) is 7.40. The molecule has 0 spiro atoms. The van der Waals surface area contributed by atoms with Crippen LogP contribution in [0.25, 0.3) is 0 Å². The van der Waals surface area contributed by atoms with Gasteiger partial charge in [-0.15, -0.1) is 0 Å². The maximum Gasteiger partial charge on any atom is 0.243 e. The molecular formula is C16H26N2O3S. The summed E-state index contributed by atoms with van der Waals surface area (Å²) in [4.78, 5) is 11.3. The highest BCUT2D eigenvalue weighted by atomic mass is 32.2. The summed E-state index contributed by atoms with van der Waals surface area (Å²) in [5.41, 5.74) is 0.588. The van der Waals surface area contributed by atoms with Gasteiger partial charge in [-0.1, -0.05) is 13.8 Å². The first-order chi connectivity index (χ1) is 10.2. The molecule has 0 saturated carbocycles. The summed E-state index contributed by atoms with van der Waals surface area (Å²) < 4.78 is 27.4. The van der Waals surface area contributed by atoms with Gasteiger partial charge in [0.25, 0.3) is 0 Å². The molecule has 1 N–H and O–H groups in total. The molecule has 0 fully saturated rings. The number of nitrogens with one attached hydrogen (secondary N) is 1. The Morgan fingerprint density at radius 2 is 1.55 bits per heavy atom. The lowest BCUT2D eigenvalue weighted by Crippen LogP contribution is -2.44. The molecule has 0 aliphatic heterocycles. The van der Waals surface area contributed by atoms with Gasteiger partial charge in [-0.3, -0.25) is 4.79 Å². The van der Waals surface area contributed by atoms with Gasteiger partial charge >= 0.3 is 0 Å². The normalized spacial score (nSPS) is 14.6. The van der Waals surface area contributed by atoms with Gasteiger partial charge in [-0.25, -0.2) is 8.42 Å². The Labute approximate surface area is 133 Å². The van der Waals surface area contributed by atoms with Gasteiger partial charge in [0.1, 0.15) is 0 Å². The molecule has 2 atom stereocenters. The summed E-state index contributed by atoms with van der Waals surface area (Å²) in [6.45, 7) is 9.23. The molecular weight excluding hydrogens is 300 g/mol. The second-order valence-electron chi connectivity index (χ2n) is 5.56. The Kier molecular flexibility index (Phi) is 6.56. The Morgan fingerprint density at radius 3 is 1.91 bits per heavy atom. The lowest BCUT2D eigenvalue weighted by molar-refractivity contribution is -0.114. The molecule has 1 aromatic carbocycles. The molecule has 124 valence electrons. The number of carbonyl (C=O) groups is 1. The van der Waals surface area contributed by atoms with Crippen LogP contribution in [0.1, 0.15) is 47.5 Å². The highest BCUT2D eigenvalue weighted by Crippen LogP contribution is 2.24. The van der Waals surface area contributed by atoms with Crippen LogP contribution in [0.15, 0.2) is 29.2 Å². The zero-order valence-electron chi connectivity index (χ0n) is 14.0. The van der Waals surface area contributed by atoms with Crippen molar-refractivity contribution in [3.8, 4) is 0 Å². The standard InChI is InChI=1S/C16H26N2O3S/c1-6-12(3)18(13(4)7-2)22(20,21)16-10-8-15(9-11-16)17-14(5)19/h8-13H,6-7H2,1-5H3,(H,17,19). The van der Waals surface area contributed by atoms with E-state index in [1.54, 1.807) is 28.6 Å². The molecule has 0 aliphatic carbocycles. The number of hydrogen-bond acceptors (Lipinski definition) is 3. The SMILES string of the molecule is CCC(C)N(C(C)CC)S(=O)(=O)c1ccc(NC(C)=O)cc1. The van der Waals surface area contributed by atoms with E-state index in [0.29, 0.717) is 5.69 Å². The fraction of sp³-hybridized carbons (Fsp3) is 0.562. The topological polar surface area (TPSA) is 66.5 Å². The van der Waals surface area contributed by atoms with E-state index in [2.05, 4.69) is 5.32 Å². The molecule has 0 radical (unpaired) electrons. The summed E-state index contributed by atoms with van der Waals surface area (Å²) in [7, 11) is -3.55. The smallest absolute Gasteiger partial charge is 0.243 e. The number of benzene rings is 1. The van der Waals surface area contributed by atoms with Gasteiger partial charge in [-0.05, 0) is 51.0 Å². The Bertz CT molecular complexity index is 586. The van der Waals surface area contributed by atoms with Gasteiger partial charge in [0.2, 0.25) is 15.9 Å². The maximum atomic E-state index is 12.9. The number of anilines is 1. The summed E-state index contributed by atoms with van der Waals surface area (Å²) in [6, 6.07) is 6.18. The molecule has 0 bridgehead atoms. The highest BCUT2D eigenvalue weighted by molar-refractivity contribution is 7.89. The van der Waals surface area contributed by atoms with E-state index in [0.717, 1.165) is 12.8 Å². The lowest BCUT2D eigenvalue weighted by atomic mass is 10.2. The summed E-state index contributed by atoms with van der Waals surface area (Å²) in [5.74, 6) is -0.184. The van der Waals surface area contributed by atoms with Gasteiger partial charge in [0, 0.05) is 24.7 Å². The third-order valence-electron chi connectivity index (χ3n) is 3.80. The quantitative estimate of drug-likeness (QED) is 0.836. The van der Waals surface area contributed by atoms with Crippen LogP contribution in [0.4, 0.5) is 5.69 Å².